The fourth-order valence-corrected chi connectivity index (χ4v) is 3.10. The zero-order chi connectivity index (χ0) is 24.9. The minimum Gasteiger partial charge on any atom is -0.492 e. The van der Waals surface area contributed by atoms with E-state index in [1.807, 2.05) is 24.3 Å². The summed E-state index contributed by atoms with van der Waals surface area (Å²) >= 11 is 0. The van der Waals surface area contributed by atoms with Crippen molar-refractivity contribution < 1.29 is 42.5 Å². The molecule has 0 saturated heterocycles. The Labute approximate surface area is 190 Å². The van der Waals surface area contributed by atoms with Crippen LogP contribution >= 0.6 is 0 Å². The van der Waals surface area contributed by atoms with E-state index in [4.69, 9.17) is 19.7 Å². The highest BCUT2D eigenvalue weighted by Crippen LogP contribution is 2.29. The lowest BCUT2D eigenvalue weighted by Crippen LogP contribution is -2.32. The van der Waals surface area contributed by atoms with Crippen molar-refractivity contribution in [3.8, 4) is 16.9 Å². The van der Waals surface area contributed by atoms with Gasteiger partial charge >= 0.3 is 18.1 Å². The first-order chi connectivity index (χ1) is 16.0. The van der Waals surface area contributed by atoms with Crippen LogP contribution in [0.4, 0.5) is 18.9 Å². The average Bonchev–Trinajstić information content (AvgIpc) is 3.33. The normalized spacial score (nSPS) is 14.6. The molecule has 3 aromatic rings. The summed E-state index contributed by atoms with van der Waals surface area (Å²) in [4.78, 5) is 32.6. The maximum Gasteiger partial charge on any atom is 0.490 e. The van der Waals surface area contributed by atoms with E-state index in [0.29, 0.717) is 17.9 Å². The molecule has 0 aliphatic carbocycles. The molecule has 0 spiro atoms. The van der Waals surface area contributed by atoms with E-state index in [0.717, 1.165) is 16.7 Å². The molecule has 12 heteroatoms. The summed E-state index contributed by atoms with van der Waals surface area (Å²) in [6, 6.07) is 12.2. The molecule has 1 aromatic heterocycles. The van der Waals surface area contributed by atoms with E-state index in [9.17, 15) is 22.8 Å². The number of hydrogen-bond donors (Lipinski definition) is 4. The number of ether oxygens (including phenoxy) is 1. The third kappa shape index (κ3) is 6.12. The molecular formula is C22H18F3N3O6. The van der Waals surface area contributed by atoms with Crippen LogP contribution < -0.4 is 10.1 Å². The fourth-order valence-electron chi connectivity index (χ4n) is 3.10. The van der Waals surface area contributed by atoms with Crippen LogP contribution in [0.2, 0.25) is 0 Å². The number of carbonyl (C=O) groups is 3. The maximum absolute atomic E-state index is 12.6. The monoisotopic (exact) mass is 477 g/mol. The third-order valence-corrected chi connectivity index (χ3v) is 4.81. The Morgan fingerprint density at radius 1 is 1.06 bits per heavy atom. The number of amides is 1. The first kappa shape index (κ1) is 24.3. The van der Waals surface area contributed by atoms with Gasteiger partial charge in [-0.15, -0.1) is 0 Å². The second-order valence-corrected chi connectivity index (χ2v) is 7.20. The number of carboxylic acids is 2. The number of hydrogen-bond acceptors (Lipinski definition) is 5. The second-order valence-electron chi connectivity index (χ2n) is 7.20. The van der Waals surface area contributed by atoms with Gasteiger partial charge in [0.2, 0.25) is 5.91 Å². The van der Waals surface area contributed by atoms with Crippen molar-refractivity contribution in [2.24, 2.45) is 5.92 Å². The first-order valence-electron chi connectivity index (χ1n) is 9.74. The van der Waals surface area contributed by atoms with Gasteiger partial charge in [0.1, 0.15) is 12.4 Å². The molecule has 178 valence electrons. The smallest absolute Gasteiger partial charge is 0.490 e. The van der Waals surface area contributed by atoms with Gasteiger partial charge in [0.05, 0.1) is 17.7 Å². The predicted octanol–water partition coefficient (Wildman–Crippen LogP) is 3.60. The molecule has 1 atom stereocenters. The van der Waals surface area contributed by atoms with Gasteiger partial charge in [-0.3, -0.25) is 9.89 Å². The van der Waals surface area contributed by atoms with Crippen LogP contribution in [0.5, 0.6) is 5.75 Å². The summed E-state index contributed by atoms with van der Waals surface area (Å²) in [6.07, 6.45) is -1.11. The molecule has 0 saturated carbocycles. The molecular weight excluding hydrogens is 459 g/mol. The molecule has 1 aliphatic rings. The quantitative estimate of drug-likeness (QED) is 0.450. The lowest BCUT2D eigenvalue weighted by molar-refractivity contribution is -0.192. The standard InChI is InChI=1S/C20H17N3O4.C2HF3O2/c24-19(23-17-4-1-12(2-5-17)16-9-21-22-10-16)15-8-14-7-13(20(25)26)3-6-18(14)27-11-15;3-2(4,5)1(6)7/h1-7,9-10,15H,8,11H2,(H,21,22)(H,23,24)(H,25,26);(H,6,7). The Kier molecular flexibility index (Phi) is 7.19. The largest absolute Gasteiger partial charge is 0.492 e. The molecule has 0 radical (unpaired) electrons. The summed E-state index contributed by atoms with van der Waals surface area (Å²) in [5, 5.41) is 25.8. The fraction of sp³-hybridized carbons (Fsp3) is 0.182. The van der Waals surface area contributed by atoms with Crippen molar-refractivity contribution in [3.05, 3.63) is 66.0 Å². The number of aromatic carboxylic acids is 1. The molecule has 4 rings (SSSR count). The Balaban J connectivity index is 0.000000406. The molecule has 2 aromatic carbocycles. The Morgan fingerprint density at radius 3 is 2.29 bits per heavy atom. The van der Waals surface area contributed by atoms with E-state index < -0.39 is 18.1 Å². The van der Waals surface area contributed by atoms with Gasteiger partial charge in [-0.2, -0.15) is 18.3 Å². The Bertz CT molecular complexity index is 1180. The summed E-state index contributed by atoms with van der Waals surface area (Å²) in [5.41, 5.74) is 3.58. The van der Waals surface area contributed by atoms with Gasteiger partial charge < -0.3 is 20.3 Å². The van der Waals surface area contributed by atoms with Gasteiger partial charge in [0, 0.05) is 17.4 Å². The molecule has 0 fully saturated rings. The average molecular weight is 477 g/mol. The number of aromatic amines is 1. The lowest BCUT2D eigenvalue weighted by Gasteiger charge is -2.25. The minimum atomic E-state index is -5.08. The number of fused-ring (bicyclic) bond motifs is 1. The number of anilines is 1. The van der Waals surface area contributed by atoms with Crippen LogP contribution in [0.25, 0.3) is 11.1 Å². The highest BCUT2D eigenvalue weighted by atomic mass is 19.4. The van der Waals surface area contributed by atoms with Crippen LogP contribution in [-0.4, -0.2) is 51.0 Å². The van der Waals surface area contributed by atoms with Crippen molar-refractivity contribution in [2.45, 2.75) is 12.6 Å². The topological polar surface area (TPSA) is 142 Å². The molecule has 1 unspecified atom stereocenters. The van der Waals surface area contributed by atoms with Crippen LogP contribution in [-0.2, 0) is 16.0 Å². The minimum absolute atomic E-state index is 0.155. The zero-order valence-electron chi connectivity index (χ0n) is 17.3. The highest BCUT2D eigenvalue weighted by Gasteiger charge is 2.38. The predicted molar refractivity (Wildman–Crippen MR) is 112 cm³/mol. The van der Waals surface area contributed by atoms with Crippen LogP contribution in [0.1, 0.15) is 15.9 Å². The number of carbonyl (C=O) groups excluding carboxylic acids is 1. The second kappa shape index (κ2) is 10.1. The zero-order valence-corrected chi connectivity index (χ0v) is 17.3. The number of benzene rings is 2. The molecule has 1 amide bonds. The number of aromatic nitrogens is 2. The molecule has 4 N–H and O–H groups in total. The SMILES string of the molecule is O=C(O)C(F)(F)F.O=C(O)c1ccc2c(c1)CC(C(=O)Nc1ccc(-c3cn[nH]c3)cc1)CO2. The van der Waals surface area contributed by atoms with Crippen LogP contribution in [0.15, 0.2) is 54.9 Å². The number of alkyl halides is 3. The van der Waals surface area contributed by atoms with E-state index in [1.54, 1.807) is 24.5 Å². The van der Waals surface area contributed by atoms with Gasteiger partial charge in [-0.05, 0) is 47.9 Å². The van der Waals surface area contributed by atoms with Gasteiger partial charge in [-0.25, -0.2) is 9.59 Å². The van der Waals surface area contributed by atoms with Crippen molar-refractivity contribution in [1.29, 1.82) is 0 Å². The number of carboxylic acid groups (broad SMARTS) is 2. The number of aliphatic carboxylic acids is 1. The number of rotatable bonds is 4. The number of nitrogens with zero attached hydrogens (tertiary/aromatic N) is 1. The summed E-state index contributed by atoms with van der Waals surface area (Å²) in [5.74, 6) is -3.66. The molecule has 34 heavy (non-hydrogen) atoms. The highest BCUT2D eigenvalue weighted by molar-refractivity contribution is 5.93. The lowest BCUT2D eigenvalue weighted by atomic mass is 9.94. The van der Waals surface area contributed by atoms with E-state index in [-0.39, 0.29) is 24.0 Å². The summed E-state index contributed by atoms with van der Waals surface area (Å²) in [7, 11) is 0. The Morgan fingerprint density at radius 2 is 1.74 bits per heavy atom. The number of H-pyrrole nitrogens is 1. The molecule has 2 heterocycles. The third-order valence-electron chi connectivity index (χ3n) is 4.81. The van der Waals surface area contributed by atoms with Crippen molar-refractivity contribution >= 4 is 23.5 Å². The van der Waals surface area contributed by atoms with Crippen molar-refractivity contribution in [1.82, 2.24) is 10.2 Å². The van der Waals surface area contributed by atoms with Gasteiger partial charge in [0.25, 0.3) is 0 Å². The molecule has 0 bridgehead atoms. The summed E-state index contributed by atoms with van der Waals surface area (Å²) in [6.45, 7) is 0.262. The van der Waals surface area contributed by atoms with E-state index in [1.165, 1.54) is 6.07 Å². The van der Waals surface area contributed by atoms with Crippen molar-refractivity contribution in [2.75, 3.05) is 11.9 Å². The number of nitrogens with one attached hydrogen (secondary N) is 2. The van der Waals surface area contributed by atoms with Gasteiger partial charge in [-0.1, -0.05) is 12.1 Å². The van der Waals surface area contributed by atoms with Crippen LogP contribution in [0, 0.1) is 5.92 Å². The molecule has 9 nitrogen and oxygen atoms in total. The van der Waals surface area contributed by atoms with Crippen molar-refractivity contribution in [3.63, 3.8) is 0 Å². The van der Waals surface area contributed by atoms with Gasteiger partial charge in [0.15, 0.2) is 0 Å². The number of halogens is 3. The Hall–Kier alpha value is -4.35. The molecule has 1 aliphatic heterocycles. The first-order valence-corrected chi connectivity index (χ1v) is 9.74. The maximum atomic E-state index is 12.6. The van der Waals surface area contributed by atoms with E-state index >= 15 is 0 Å². The van der Waals surface area contributed by atoms with Crippen LogP contribution in [0.3, 0.4) is 0 Å². The summed E-state index contributed by atoms with van der Waals surface area (Å²) < 4.78 is 37.4. The van der Waals surface area contributed by atoms with E-state index in [2.05, 4.69) is 15.5 Å².